The second-order valence-corrected chi connectivity index (χ2v) is 19.9. The number of nitrogens with zero attached hydrogens (tertiary/aromatic N) is 8. The van der Waals surface area contributed by atoms with Crippen LogP contribution in [0.5, 0.6) is 0 Å². The van der Waals surface area contributed by atoms with Crippen LogP contribution in [0.1, 0.15) is 47.8 Å². The zero-order valence-electron chi connectivity index (χ0n) is 37.9. The van der Waals surface area contributed by atoms with Gasteiger partial charge in [0.15, 0.2) is 0 Å². The number of rotatable bonds is 23. The van der Waals surface area contributed by atoms with E-state index in [1.54, 1.807) is 36.4 Å². The van der Waals surface area contributed by atoms with E-state index in [4.69, 9.17) is 0 Å². The molecular formula is C44H46N10O15S3. The van der Waals surface area contributed by atoms with Crippen LogP contribution in [0.4, 0.5) is 35.2 Å². The fourth-order valence-corrected chi connectivity index (χ4v) is 8.79. The minimum atomic E-state index is -4.84. The molecule has 0 radical (unpaired) electrons. The summed E-state index contributed by atoms with van der Waals surface area (Å²) in [6.07, 6.45) is 0.791. The first-order valence-electron chi connectivity index (χ1n) is 20.9. The number of nitrogens with one attached hydrogen (secondary N) is 2. The molecule has 2 aromatic heterocycles. The van der Waals surface area contributed by atoms with E-state index in [2.05, 4.69) is 63.5 Å². The van der Waals surface area contributed by atoms with Gasteiger partial charge in [0.2, 0.25) is 35.6 Å². The van der Waals surface area contributed by atoms with Crippen LogP contribution in [0.15, 0.2) is 131 Å². The molecule has 25 nitrogen and oxygen atoms in total. The third kappa shape index (κ3) is 14.5. The summed E-state index contributed by atoms with van der Waals surface area (Å²) in [6, 6.07) is 21.4. The molecule has 0 saturated carbocycles. The van der Waals surface area contributed by atoms with E-state index in [9.17, 15) is 59.6 Å². The third-order valence-corrected chi connectivity index (χ3v) is 12.5. The minimum Gasteiger partial charge on any atom is -0.392 e. The Labute approximate surface area is 412 Å². The molecule has 9 N–H and O–H groups in total. The summed E-state index contributed by atoms with van der Waals surface area (Å²) in [4.78, 5) is 35.7. The number of benzene rings is 4. The number of aliphatic hydroxyl groups excluding tert-OH is 2. The minimum absolute atomic E-state index is 0.000692. The van der Waals surface area contributed by atoms with E-state index >= 15 is 0 Å². The van der Waals surface area contributed by atoms with Crippen molar-refractivity contribution in [3.05, 3.63) is 150 Å². The number of hydrogen-bond donors (Lipinski definition) is 9. The maximum Gasteiger partial charge on any atom is 0.295 e. The number of anilines is 6. The maximum absolute atomic E-state index is 12.8. The Morgan fingerprint density at radius 2 is 1.19 bits per heavy atom. The van der Waals surface area contributed by atoms with Crippen LogP contribution in [0, 0.1) is 0 Å². The van der Waals surface area contributed by atoms with Crippen molar-refractivity contribution in [1.29, 1.82) is 0 Å². The SMILES string of the molecule is C=C(OO)N(C(=C)OO)c1nc(Cc2ccccc2S(=O)(=O)O)nc(Nc2ccc(/C=C/c3ccc(Cc4nc(Nc5cccc(S(=O)(=O)O)c5)nc(N(CC(C)O)CC(C)O)n4)cc3S(=O)(=O)O)cc2)n1. The van der Waals surface area contributed by atoms with Gasteiger partial charge < -0.3 is 35.5 Å². The third-order valence-electron chi connectivity index (χ3n) is 9.83. The molecule has 0 aliphatic heterocycles. The Balaban J connectivity index is 1.28. The average Bonchev–Trinajstić information content (AvgIpc) is 3.30. The van der Waals surface area contributed by atoms with Crippen LogP contribution in [-0.4, -0.2) is 115 Å². The Hall–Kier alpha value is -7.51. The molecule has 2 heterocycles. The molecular weight excluding hydrogens is 1000 g/mol. The molecule has 0 amide bonds. The summed E-state index contributed by atoms with van der Waals surface area (Å²) >= 11 is 0. The number of aliphatic hydroxyl groups is 2. The lowest BCUT2D eigenvalue weighted by Gasteiger charge is -2.26. The molecule has 0 bridgehead atoms. The first-order chi connectivity index (χ1) is 33.9. The van der Waals surface area contributed by atoms with Gasteiger partial charge in [0.25, 0.3) is 30.4 Å². The van der Waals surface area contributed by atoms with Crippen molar-refractivity contribution >= 4 is 77.7 Å². The van der Waals surface area contributed by atoms with Gasteiger partial charge in [-0.1, -0.05) is 60.7 Å². The quantitative estimate of drug-likeness (QED) is 0.0135. The molecule has 0 aliphatic rings. The van der Waals surface area contributed by atoms with Crippen molar-refractivity contribution in [1.82, 2.24) is 29.9 Å². The zero-order chi connectivity index (χ0) is 52.5. The Morgan fingerprint density at radius 1 is 0.625 bits per heavy atom. The fourth-order valence-electron chi connectivity index (χ4n) is 6.81. The van der Waals surface area contributed by atoms with E-state index in [0.717, 1.165) is 11.0 Å². The average molecular weight is 1050 g/mol. The molecule has 380 valence electrons. The second-order valence-electron chi connectivity index (χ2n) is 15.7. The highest BCUT2D eigenvalue weighted by molar-refractivity contribution is 7.86. The van der Waals surface area contributed by atoms with Crippen molar-refractivity contribution in [3.8, 4) is 0 Å². The van der Waals surface area contributed by atoms with Crippen LogP contribution in [0.2, 0.25) is 0 Å². The van der Waals surface area contributed by atoms with Crippen LogP contribution in [-0.2, 0) is 53.0 Å². The first-order valence-corrected chi connectivity index (χ1v) is 25.2. The molecule has 4 aromatic carbocycles. The van der Waals surface area contributed by atoms with Gasteiger partial charge in [0.1, 0.15) is 16.5 Å². The van der Waals surface area contributed by atoms with Gasteiger partial charge >= 0.3 is 0 Å². The molecule has 28 heteroatoms. The standard InChI is InChI=1S/C44H46N10O15S3/c1-26(55)24-53(25-27(2)56)43-49-39(47-42(51-43)46-35-9-7-10-36(23-35)70(59,60)61)21-31-13-17-32(38(20-31)72(65,66)67)16-12-30-14-18-34(19-15-30)45-41-48-40(22-33-8-5-6-11-37(33)71(62,63)64)50-44(52-41)54(28(3)68-57)29(4)69-58/h5-20,23,26-27,55-58H,3-4,21-22,24-25H2,1-2H3,(H,59,60,61)(H,62,63,64)(H,65,66,67)(H,45,48,50,52)(H,46,47,49,51)/b16-12+. The van der Waals surface area contributed by atoms with Crippen molar-refractivity contribution in [2.45, 2.75) is 53.6 Å². The topological polar surface area (TPSA) is 370 Å². The van der Waals surface area contributed by atoms with Gasteiger partial charge in [-0.15, -0.1) is 0 Å². The molecule has 72 heavy (non-hydrogen) atoms. The summed E-state index contributed by atoms with van der Waals surface area (Å²) in [5, 5.41) is 45.0. The summed E-state index contributed by atoms with van der Waals surface area (Å²) in [5.41, 5.74) is 1.60. The zero-order valence-corrected chi connectivity index (χ0v) is 40.4. The van der Waals surface area contributed by atoms with E-state index in [1.807, 2.05) is 0 Å². The van der Waals surface area contributed by atoms with Gasteiger partial charge in [-0.25, -0.2) is 15.4 Å². The largest absolute Gasteiger partial charge is 0.392 e. The lowest BCUT2D eigenvalue weighted by atomic mass is 10.1. The van der Waals surface area contributed by atoms with Gasteiger partial charge in [0, 0.05) is 37.3 Å². The normalized spacial score (nSPS) is 12.7. The van der Waals surface area contributed by atoms with Gasteiger partial charge in [0.05, 0.1) is 22.0 Å². The van der Waals surface area contributed by atoms with E-state index in [0.29, 0.717) is 16.8 Å². The van der Waals surface area contributed by atoms with Gasteiger partial charge in [-0.05, 0) is 91.7 Å². The monoisotopic (exact) mass is 1050 g/mol. The van der Waals surface area contributed by atoms with Crippen LogP contribution in [0.25, 0.3) is 12.2 Å². The number of hydrogen-bond acceptors (Lipinski definition) is 22. The van der Waals surface area contributed by atoms with Crippen molar-refractivity contribution < 1.29 is 69.4 Å². The molecule has 0 fully saturated rings. The van der Waals surface area contributed by atoms with Crippen molar-refractivity contribution in [2.24, 2.45) is 0 Å². The molecule has 6 rings (SSSR count). The second kappa shape index (κ2) is 22.7. The molecule has 2 atom stereocenters. The Kier molecular flexibility index (Phi) is 17.0. The van der Waals surface area contributed by atoms with E-state index in [-0.39, 0.29) is 78.2 Å². The van der Waals surface area contributed by atoms with Crippen molar-refractivity contribution in [3.63, 3.8) is 0 Å². The van der Waals surface area contributed by atoms with Crippen LogP contribution < -0.4 is 20.4 Å². The predicted octanol–water partition coefficient (Wildman–Crippen LogP) is 4.93. The Morgan fingerprint density at radius 3 is 1.78 bits per heavy atom. The highest BCUT2D eigenvalue weighted by Gasteiger charge is 2.25. The van der Waals surface area contributed by atoms with Gasteiger partial charge in [-0.2, -0.15) is 55.2 Å². The highest BCUT2D eigenvalue weighted by atomic mass is 32.2. The van der Waals surface area contributed by atoms with E-state index < -0.39 is 69.0 Å². The molecule has 0 aliphatic carbocycles. The van der Waals surface area contributed by atoms with Crippen molar-refractivity contribution in [2.75, 3.05) is 33.5 Å². The lowest BCUT2D eigenvalue weighted by Crippen LogP contribution is -2.38. The summed E-state index contributed by atoms with van der Waals surface area (Å²) in [7, 11) is -14.1. The Bertz CT molecular complexity index is 3320. The molecule has 2 unspecified atom stereocenters. The summed E-state index contributed by atoms with van der Waals surface area (Å²) in [6.45, 7) is 10.00. The first kappa shape index (κ1) is 53.8. The van der Waals surface area contributed by atoms with E-state index in [1.165, 1.54) is 79.4 Å². The fraction of sp³-hybridized carbons (Fsp3) is 0.182. The summed E-state index contributed by atoms with van der Waals surface area (Å²) in [5.74, 6) is -1.82. The predicted molar refractivity (Wildman–Crippen MR) is 260 cm³/mol. The molecule has 0 spiro atoms. The maximum atomic E-state index is 12.8. The smallest absolute Gasteiger partial charge is 0.295 e. The van der Waals surface area contributed by atoms with Crippen LogP contribution in [0.3, 0.4) is 0 Å². The van der Waals surface area contributed by atoms with Crippen LogP contribution >= 0.6 is 0 Å². The summed E-state index contributed by atoms with van der Waals surface area (Å²) < 4.78 is 103. The highest BCUT2D eigenvalue weighted by Crippen LogP contribution is 2.27. The molecule has 6 aromatic rings. The number of aromatic nitrogens is 6. The van der Waals surface area contributed by atoms with Gasteiger partial charge in [-0.3, -0.25) is 13.7 Å². The molecule has 0 saturated heterocycles. The lowest BCUT2D eigenvalue weighted by molar-refractivity contribution is -0.220.